The minimum absolute atomic E-state index is 0.0462. The summed E-state index contributed by atoms with van der Waals surface area (Å²) in [7, 11) is 1.51. The molecule has 136 valence electrons. The van der Waals surface area contributed by atoms with Crippen LogP contribution in [0, 0.1) is 12.3 Å². The van der Waals surface area contributed by atoms with E-state index in [4.69, 9.17) is 9.26 Å². The van der Waals surface area contributed by atoms with Crippen LogP contribution in [0.1, 0.15) is 49.4 Å². The van der Waals surface area contributed by atoms with Crippen LogP contribution in [0.15, 0.2) is 34.0 Å². The summed E-state index contributed by atoms with van der Waals surface area (Å²) in [5.41, 5.74) is 3.92. The molecule has 2 heterocycles. The lowest BCUT2D eigenvalue weighted by molar-refractivity contribution is -0.118. The molecule has 1 aromatic heterocycles. The van der Waals surface area contributed by atoms with Gasteiger partial charge in [-0.15, -0.1) is 0 Å². The SMILES string of the molecule is COc1ccc([C@@H]2C3=C(CC(C)(C)CC3=O)Nc3onc(C)c32)cc1O. The van der Waals surface area contributed by atoms with Gasteiger partial charge in [0.1, 0.15) is 0 Å². The van der Waals surface area contributed by atoms with Gasteiger partial charge in [0.25, 0.3) is 0 Å². The summed E-state index contributed by atoms with van der Waals surface area (Å²) in [6.45, 7) is 6.04. The fourth-order valence-electron chi connectivity index (χ4n) is 4.09. The Morgan fingerprint density at radius 3 is 2.81 bits per heavy atom. The average Bonchev–Trinajstić information content (AvgIpc) is 2.92. The third-order valence-corrected chi connectivity index (χ3v) is 5.21. The van der Waals surface area contributed by atoms with Gasteiger partial charge in [0.2, 0.25) is 5.88 Å². The standard InChI is InChI=1S/C20H22N2O4/c1-10-16-17(11-5-6-15(25-4)13(23)7-11)18-12(21-19(16)26-22-10)8-20(2,3)9-14(18)24/h5-7,17,21,23H,8-9H2,1-4H3/t17-/m0/s1. The fourth-order valence-corrected chi connectivity index (χ4v) is 4.09. The highest BCUT2D eigenvalue weighted by atomic mass is 16.5. The molecule has 2 N–H and O–H groups in total. The van der Waals surface area contributed by atoms with Gasteiger partial charge in [-0.25, -0.2) is 0 Å². The highest BCUT2D eigenvalue weighted by Gasteiger charge is 2.43. The van der Waals surface area contributed by atoms with Crippen LogP contribution in [-0.2, 0) is 4.79 Å². The molecule has 1 aliphatic heterocycles. The third-order valence-electron chi connectivity index (χ3n) is 5.21. The van der Waals surface area contributed by atoms with Gasteiger partial charge in [-0.1, -0.05) is 25.1 Å². The highest BCUT2D eigenvalue weighted by molar-refractivity contribution is 6.01. The van der Waals surface area contributed by atoms with Gasteiger partial charge in [0.15, 0.2) is 17.3 Å². The van der Waals surface area contributed by atoms with E-state index in [9.17, 15) is 9.90 Å². The monoisotopic (exact) mass is 354 g/mol. The number of ether oxygens (including phenoxy) is 1. The van der Waals surface area contributed by atoms with Crippen molar-refractivity contribution in [2.24, 2.45) is 5.41 Å². The molecule has 4 rings (SSSR count). The fraction of sp³-hybridized carbons (Fsp3) is 0.400. The number of aryl methyl sites for hydroxylation is 1. The van der Waals surface area contributed by atoms with Crippen LogP contribution < -0.4 is 10.1 Å². The second-order valence-electron chi connectivity index (χ2n) is 7.83. The van der Waals surface area contributed by atoms with E-state index in [0.29, 0.717) is 18.1 Å². The molecule has 26 heavy (non-hydrogen) atoms. The number of nitrogens with zero attached hydrogens (tertiary/aromatic N) is 1. The molecule has 1 aliphatic carbocycles. The first-order valence-electron chi connectivity index (χ1n) is 8.67. The predicted octanol–water partition coefficient (Wildman–Crippen LogP) is 3.90. The number of carbonyl (C=O) groups is 1. The lowest BCUT2D eigenvalue weighted by Gasteiger charge is -2.37. The maximum atomic E-state index is 13.0. The van der Waals surface area contributed by atoms with E-state index in [0.717, 1.165) is 34.5 Å². The number of allylic oxidation sites excluding steroid dienone is 2. The molecule has 0 fully saturated rings. The zero-order valence-corrected chi connectivity index (χ0v) is 15.3. The van der Waals surface area contributed by atoms with E-state index in [2.05, 4.69) is 24.3 Å². The largest absolute Gasteiger partial charge is 0.504 e. The number of nitrogens with one attached hydrogen (secondary N) is 1. The van der Waals surface area contributed by atoms with Gasteiger partial charge in [0, 0.05) is 23.6 Å². The first-order valence-corrected chi connectivity index (χ1v) is 8.67. The van der Waals surface area contributed by atoms with Crippen molar-refractivity contribution in [3.8, 4) is 11.5 Å². The van der Waals surface area contributed by atoms with Gasteiger partial charge in [-0.2, -0.15) is 0 Å². The molecular formula is C20H22N2O4. The van der Waals surface area contributed by atoms with Crippen molar-refractivity contribution in [2.45, 2.75) is 39.5 Å². The molecule has 0 radical (unpaired) electrons. The topological polar surface area (TPSA) is 84.6 Å². The molecule has 0 bridgehead atoms. The maximum Gasteiger partial charge on any atom is 0.233 e. The minimum Gasteiger partial charge on any atom is -0.504 e. The summed E-state index contributed by atoms with van der Waals surface area (Å²) in [5.74, 6) is 0.829. The third kappa shape index (κ3) is 2.48. The molecule has 1 aromatic carbocycles. The van der Waals surface area contributed by atoms with E-state index in [1.807, 2.05) is 13.0 Å². The highest BCUT2D eigenvalue weighted by Crippen LogP contribution is 2.50. The first kappa shape index (κ1) is 16.7. The summed E-state index contributed by atoms with van der Waals surface area (Å²) >= 11 is 0. The van der Waals surface area contributed by atoms with Crippen molar-refractivity contribution in [3.05, 3.63) is 46.3 Å². The number of hydrogen-bond donors (Lipinski definition) is 2. The van der Waals surface area contributed by atoms with Crippen molar-refractivity contribution < 1.29 is 19.2 Å². The second kappa shape index (κ2) is 5.62. The number of fused-ring (bicyclic) bond motifs is 1. The Balaban J connectivity index is 1.92. The Hall–Kier alpha value is -2.76. The van der Waals surface area contributed by atoms with Crippen LogP contribution in [0.3, 0.4) is 0 Å². The van der Waals surface area contributed by atoms with Crippen LogP contribution in [0.5, 0.6) is 11.5 Å². The molecule has 0 saturated carbocycles. The van der Waals surface area contributed by atoms with E-state index in [-0.39, 0.29) is 22.9 Å². The van der Waals surface area contributed by atoms with E-state index in [1.165, 1.54) is 7.11 Å². The molecule has 0 amide bonds. The Kier molecular flexibility index (Phi) is 3.61. The Morgan fingerprint density at radius 1 is 1.35 bits per heavy atom. The smallest absolute Gasteiger partial charge is 0.233 e. The first-order chi connectivity index (χ1) is 12.3. The van der Waals surface area contributed by atoms with Crippen LogP contribution in [0.25, 0.3) is 0 Å². The number of methoxy groups -OCH3 is 1. The van der Waals surface area contributed by atoms with E-state index >= 15 is 0 Å². The lowest BCUT2D eigenvalue weighted by Crippen LogP contribution is -2.33. The number of hydrogen-bond acceptors (Lipinski definition) is 6. The predicted molar refractivity (Wildman–Crippen MR) is 96.4 cm³/mol. The molecule has 0 unspecified atom stereocenters. The number of benzene rings is 1. The van der Waals surface area contributed by atoms with Crippen molar-refractivity contribution in [2.75, 3.05) is 12.4 Å². The summed E-state index contributed by atoms with van der Waals surface area (Å²) in [5, 5.41) is 17.6. The molecule has 6 nitrogen and oxygen atoms in total. The summed E-state index contributed by atoms with van der Waals surface area (Å²) in [4.78, 5) is 13.0. The second-order valence-corrected chi connectivity index (χ2v) is 7.83. The quantitative estimate of drug-likeness (QED) is 0.851. The maximum absolute atomic E-state index is 13.0. The van der Waals surface area contributed by atoms with Crippen LogP contribution in [-0.4, -0.2) is 23.2 Å². The molecule has 2 aromatic rings. The van der Waals surface area contributed by atoms with Crippen LogP contribution in [0.4, 0.5) is 5.88 Å². The zero-order chi connectivity index (χ0) is 18.6. The van der Waals surface area contributed by atoms with Gasteiger partial charge in [-0.3, -0.25) is 4.79 Å². The number of Topliss-reactive ketones (excluding diaryl/α,β-unsaturated/α-hetero) is 1. The molecule has 6 heteroatoms. The number of ketones is 1. The Morgan fingerprint density at radius 2 is 2.12 bits per heavy atom. The van der Waals surface area contributed by atoms with Gasteiger partial charge in [0.05, 0.1) is 18.4 Å². The molecular weight excluding hydrogens is 332 g/mol. The summed E-state index contributed by atoms with van der Waals surface area (Å²) < 4.78 is 10.6. The van der Waals surface area contributed by atoms with Crippen LogP contribution >= 0.6 is 0 Å². The summed E-state index contributed by atoms with van der Waals surface area (Å²) in [6.07, 6.45) is 1.25. The average molecular weight is 354 g/mol. The van der Waals surface area contributed by atoms with Crippen LogP contribution in [0.2, 0.25) is 0 Å². The van der Waals surface area contributed by atoms with Gasteiger partial charge < -0.3 is 19.7 Å². The minimum atomic E-state index is -0.312. The summed E-state index contributed by atoms with van der Waals surface area (Å²) in [6, 6.07) is 5.25. The van der Waals surface area contributed by atoms with Gasteiger partial charge in [-0.05, 0) is 36.5 Å². The number of aromatic hydroxyl groups is 1. The normalized spacial score (nSPS) is 21.1. The number of rotatable bonds is 2. The number of phenols is 1. The van der Waals surface area contributed by atoms with Crippen molar-refractivity contribution in [3.63, 3.8) is 0 Å². The lowest BCUT2D eigenvalue weighted by atomic mass is 9.69. The molecule has 0 spiro atoms. The zero-order valence-electron chi connectivity index (χ0n) is 15.3. The number of carbonyl (C=O) groups excluding carboxylic acids is 1. The van der Waals surface area contributed by atoms with E-state index < -0.39 is 0 Å². The number of phenolic OH excluding ortho intramolecular Hbond substituents is 1. The Bertz CT molecular complexity index is 939. The van der Waals surface area contributed by atoms with E-state index in [1.54, 1.807) is 12.1 Å². The van der Waals surface area contributed by atoms with Crippen molar-refractivity contribution in [1.82, 2.24) is 5.16 Å². The molecule has 0 saturated heterocycles. The molecule has 2 aliphatic rings. The van der Waals surface area contributed by atoms with Crippen molar-refractivity contribution >= 4 is 11.7 Å². The molecule has 1 atom stereocenters. The number of aromatic nitrogens is 1. The van der Waals surface area contributed by atoms with Crippen molar-refractivity contribution in [1.29, 1.82) is 0 Å². The Labute approximate surface area is 151 Å². The number of anilines is 1. The van der Waals surface area contributed by atoms with Gasteiger partial charge >= 0.3 is 0 Å².